The maximum atomic E-state index is 11.2. The van der Waals surface area contributed by atoms with Gasteiger partial charge in [0, 0.05) is 29.7 Å². The molecule has 1 aliphatic rings. The summed E-state index contributed by atoms with van der Waals surface area (Å²) in [5.74, 6) is -2.06. The first-order valence-corrected chi connectivity index (χ1v) is 8.98. The molecule has 2 N–H and O–H groups in total. The predicted octanol–water partition coefficient (Wildman–Crippen LogP) is 3.69. The lowest BCUT2D eigenvalue weighted by Gasteiger charge is -2.30. The minimum atomic E-state index is -1.12. The molecule has 0 aliphatic heterocycles. The second-order valence-electron chi connectivity index (χ2n) is 5.83. The van der Waals surface area contributed by atoms with Crippen LogP contribution < -0.4 is 0 Å². The molecule has 1 aromatic carbocycles. The second kappa shape index (κ2) is 8.62. The number of para-hydroxylation sites is 1. The highest BCUT2D eigenvalue weighted by Crippen LogP contribution is 2.39. The summed E-state index contributed by atoms with van der Waals surface area (Å²) in [6.07, 6.45) is 6.73. The largest absolute Gasteiger partial charge is 0.481 e. The molecule has 1 aliphatic carbocycles. The van der Waals surface area contributed by atoms with Gasteiger partial charge in [-0.1, -0.05) is 51.9 Å². The molecule has 2 aromatic rings. The number of nitrogens with zero attached hydrogens (tertiary/aromatic N) is 2. The third-order valence-corrected chi connectivity index (χ3v) is 5.18. The van der Waals surface area contributed by atoms with Crippen molar-refractivity contribution in [2.24, 2.45) is 5.41 Å². The Labute approximate surface area is 159 Å². The average molecular weight is 419 g/mol. The molecule has 3 rings (SSSR count). The van der Waals surface area contributed by atoms with E-state index < -0.39 is 17.4 Å². The third-order valence-electron chi connectivity index (χ3n) is 4.22. The van der Waals surface area contributed by atoms with E-state index in [2.05, 4.69) is 21.0 Å². The molecule has 0 bridgehead atoms. The molecule has 0 saturated heterocycles. The topological polar surface area (TPSA) is 92.4 Å². The molecule has 0 saturated carbocycles. The first-order valence-electron chi connectivity index (χ1n) is 7.86. The first-order chi connectivity index (χ1) is 12.4. The van der Waals surface area contributed by atoms with Gasteiger partial charge in [-0.2, -0.15) is 5.10 Å². The van der Waals surface area contributed by atoms with Crippen LogP contribution in [0.2, 0.25) is 0 Å². The molecule has 26 heavy (non-hydrogen) atoms. The van der Waals surface area contributed by atoms with Crippen molar-refractivity contribution in [2.75, 3.05) is 5.33 Å². The van der Waals surface area contributed by atoms with Crippen molar-refractivity contribution in [1.29, 1.82) is 0 Å². The SMILES string of the molecule is CC1=CC=C(C(=O)O)CC1(CBr)C(=O)O.c1ccc(-n2cccn2)cc1. The van der Waals surface area contributed by atoms with E-state index in [1.54, 1.807) is 19.2 Å². The number of carboxylic acids is 2. The molecule has 0 fully saturated rings. The maximum absolute atomic E-state index is 11.2. The molecule has 6 nitrogen and oxygen atoms in total. The lowest BCUT2D eigenvalue weighted by molar-refractivity contribution is -0.145. The summed E-state index contributed by atoms with van der Waals surface area (Å²) in [7, 11) is 0. The minimum absolute atomic E-state index is 0.0191. The Kier molecular flexibility index (Phi) is 6.52. The monoisotopic (exact) mass is 418 g/mol. The highest BCUT2D eigenvalue weighted by Gasteiger charge is 2.42. The Morgan fingerprint density at radius 2 is 1.88 bits per heavy atom. The van der Waals surface area contributed by atoms with Crippen LogP contribution in [0, 0.1) is 5.41 Å². The molecule has 1 aromatic heterocycles. The number of carboxylic acid groups (broad SMARTS) is 2. The van der Waals surface area contributed by atoms with Gasteiger partial charge in [0.05, 0.1) is 5.69 Å². The van der Waals surface area contributed by atoms with Crippen LogP contribution in [0.1, 0.15) is 13.3 Å². The van der Waals surface area contributed by atoms with Crippen molar-refractivity contribution in [2.45, 2.75) is 13.3 Å². The lowest BCUT2D eigenvalue weighted by Crippen LogP contribution is -2.36. The maximum Gasteiger partial charge on any atom is 0.331 e. The number of benzene rings is 1. The smallest absolute Gasteiger partial charge is 0.331 e. The summed E-state index contributed by atoms with van der Waals surface area (Å²) in [6.45, 7) is 1.70. The van der Waals surface area contributed by atoms with E-state index in [-0.39, 0.29) is 17.3 Å². The van der Waals surface area contributed by atoms with Crippen LogP contribution in [-0.4, -0.2) is 37.3 Å². The molecule has 0 spiro atoms. The van der Waals surface area contributed by atoms with Crippen LogP contribution in [0.25, 0.3) is 5.69 Å². The third kappa shape index (κ3) is 4.29. The van der Waals surface area contributed by atoms with Gasteiger partial charge in [0.25, 0.3) is 0 Å². The first kappa shape index (κ1) is 19.7. The van der Waals surface area contributed by atoms with Crippen molar-refractivity contribution in [3.63, 3.8) is 0 Å². The number of aromatic nitrogens is 2. The normalized spacial score (nSPS) is 18.8. The average Bonchev–Trinajstić information content (AvgIpc) is 3.18. The van der Waals surface area contributed by atoms with Gasteiger partial charge in [-0.15, -0.1) is 0 Å². The van der Waals surface area contributed by atoms with Crippen molar-refractivity contribution in [1.82, 2.24) is 9.78 Å². The van der Waals surface area contributed by atoms with Crippen molar-refractivity contribution < 1.29 is 19.8 Å². The van der Waals surface area contributed by atoms with E-state index >= 15 is 0 Å². The number of hydrogen-bond acceptors (Lipinski definition) is 3. The molecular weight excluding hydrogens is 400 g/mol. The van der Waals surface area contributed by atoms with Crippen LogP contribution in [0.3, 0.4) is 0 Å². The van der Waals surface area contributed by atoms with Crippen molar-refractivity contribution in [3.8, 4) is 5.69 Å². The number of alkyl halides is 1. The summed E-state index contributed by atoms with van der Waals surface area (Å²) in [6, 6.07) is 11.9. The van der Waals surface area contributed by atoms with Gasteiger partial charge >= 0.3 is 11.9 Å². The molecule has 1 heterocycles. The Hall–Kier alpha value is -2.67. The molecule has 0 amide bonds. The Balaban J connectivity index is 0.000000195. The zero-order valence-electron chi connectivity index (χ0n) is 14.2. The fourth-order valence-electron chi connectivity index (χ4n) is 2.51. The number of hydrogen-bond donors (Lipinski definition) is 2. The molecule has 136 valence electrons. The fraction of sp³-hybridized carbons (Fsp3) is 0.211. The van der Waals surface area contributed by atoms with Crippen LogP contribution in [0.5, 0.6) is 0 Å². The Bertz CT molecular complexity index is 828. The number of aliphatic carboxylic acids is 2. The van der Waals surface area contributed by atoms with Crippen LogP contribution in [0.4, 0.5) is 0 Å². The summed E-state index contributed by atoms with van der Waals surface area (Å²) < 4.78 is 1.83. The van der Waals surface area contributed by atoms with Gasteiger partial charge in [0.1, 0.15) is 5.41 Å². The zero-order valence-corrected chi connectivity index (χ0v) is 15.8. The van der Waals surface area contributed by atoms with E-state index in [1.165, 1.54) is 6.08 Å². The van der Waals surface area contributed by atoms with Gasteiger partial charge in [-0.3, -0.25) is 4.79 Å². The number of rotatable bonds is 4. The summed E-state index contributed by atoms with van der Waals surface area (Å²) >= 11 is 3.14. The van der Waals surface area contributed by atoms with Crippen LogP contribution in [-0.2, 0) is 9.59 Å². The van der Waals surface area contributed by atoms with Gasteiger partial charge in [0.2, 0.25) is 0 Å². The number of allylic oxidation sites excluding steroid dienone is 2. The molecule has 0 radical (unpaired) electrons. The van der Waals surface area contributed by atoms with E-state index in [4.69, 9.17) is 10.2 Å². The van der Waals surface area contributed by atoms with Crippen LogP contribution >= 0.6 is 15.9 Å². The summed E-state index contributed by atoms with van der Waals surface area (Å²) in [5.41, 5.74) is 0.763. The van der Waals surface area contributed by atoms with Crippen molar-refractivity contribution >= 4 is 27.9 Å². The van der Waals surface area contributed by atoms with Gasteiger partial charge in [-0.25, -0.2) is 9.48 Å². The lowest BCUT2D eigenvalue weighted by atomic mass is 9.74. The molecule has 1 unspecified atom stereocenters. The summed E-state index contributed by atoms with van der Waals surface area (Å²) in [4.78, 5) is 22.0. The van der Waals surface area contributed by atoms with Crippen LogP contribution in [0.15, 0.2) is 72.1 Å². The van der Waals surface area contributed by atoms with Crippen molar-refractivity contribution in [3.05, 3.63) is 72.1 Å². The minimum Gasteiger partial charge on any atom is -0.481 e. The van der Waals surface area contributed by atoms with Gasteiger partial charge in [0.15, 0.2) is 0 Å². The molecule has 1 atom stereocenters. The van der Waals surface area contributed by atoms with E-state index in [1.807, 2.05) is 47.3 Å². The standard InChI is InChI=1S/C10H11BrO4.C9H8N2/c1-6-2-3-7(8(12)13)4-10(6,5-11)9(14)15;1-2-5-9(6-3-1)11-8-4-7-10-11/h2-3H,4-5H2,1H3,(H,12,13)(H,14,15);1-8H. The van der Waals surface area contributed by atoms with E-state index in [0.717, 1.165) is 5.69 Å². The molecular formula is C19H19BrN2O4. The predicted molar refractivity (Wildman–Crippen MR) is 102 cm³/mol. The fourth-order valence-corrected chi connectivity index (χ4v) is 3.39. The van der Waals surface area contributed by atoms with Gasteiger partial charge in [-0.05, 0) is 25.1 Å². The Morgan fingerprint density at radius 1 is 1.19 bits per heavy atom. The Morgan fingerprint density at radius 3 is 2.38 bits per heavy atom. The molecule has 7 heteroatoms. The second-order valence-corrected chi connectivity index (χ2v) is 6.39. The van der Waals surface area contributed by atoms with E-state index in [0.29, 0.717) is 5.57 Å². The number of halogens is 1. The highest BCUT2D eigenvalue weighted by molar-refractivity contribution is 9.09. The highest BCUT2D eigenvalue weighted by atomic mass is 79.9. The quantitative estimate of drug-likeness (QED) is 0.738. The number of carbonyl (C=O) groups is 2. The summed E-state index contributed by atoms with van der Waals surface area (Å²) in [5, 5.41) is 22.3. The van der Waals surface area contributed by atoms with Gasteiger partial charge < -0.3 is 10.2 Å². The van der Waals surface area contributed by atoms with E-state index in [9.17, 15) is 9.59 Å². The zero-order chi connectivity index (χ0) is 19.2.